The van der Waals surface area contributed by atoms with Crippen LogP contribution >= 0.6 is 0 Å². The third kappa shape index (κ3) is 3.82. The van der Waals surface area contributed by atoms with Crippen molar-refractivity contribution in [3.63, 3.8) is 0 Å². The van der Waals surface area contributed by atoms with Crippen molar-refractivity contribution in [1.82, 2.24) is 9.38 Å². The van der Waals surface area contributed by atoms with Crippen LogP contribution in [0.3, 0.4) is 0 Å². The van der Waals surface area contributed by atoms with E-state index in [1.54, 1.807) is 0 Å². The van der Waals surface area contributed by atoms with Gasteiger partial charge >= 0.3 is 0 Å². The van der Waals surface area contributed by atoms with Crippen LogP contribution in [0.2, 0.25) is 0 Å². The van der Waals surface area contributed by atoms with Crippen LogP contribution in [-0.4, -0.2) is 28.4 Å². The number of nitrogens with zero attached hydrogens (tertiary/aromatic N) is 3. The van der Waals surface area contributed by atoms with Crippen molar-refractivity contribution in [2.75, 3.05) is 23.3 Å². The van der Waals surface area contributed by atoms with E-state index < -0.39 is 0 Å². The molecule has 3 rings (SSSR count). The second kappa shape index (κ2) is 7.82. The van der Waals surface area contributed by atoms with E-state index in [4.69, 9.17) is 0 Å². The Morgan fingerprint density at radius 1 is 1.11 bits per heavy atom. The van der Waals surface area contributed by atoms with E-state index in [0.717, 1.165) is 46.9 Å². The maximum Gasteiger partial charge on any atom is 0.230 e. The number of aryl methyl sites for hydroxylation is 3. The van der Waals surface area contributed by atoms with Crippen LogP contribution in [0, 0.1) is 20.8 Å². The summed E-state index contributed by atoms with van der Waals surface area (Å²) in [6.07, 6.45) is 2.27. The SMILES string of the molecule is CCN(CC)c1ccc(NC(=O)Cc2c(C)nc3c(C)cccn23)c(C)c1. The molecule has 0 unspecified atom stereocenters. The normalized spacial score (nSPS) is 11.0. The predicted octanol–water partition coefficient (Wildman–Crippen LogP) is 4.29. The first-order valence-electron chi connectivity index (χ1n) is 9.53. The standard InChI is InChI=1S/C22H28N4O/c1-6-25(7-2)18-10-11-19(16(4)13-18)24-21(27)14-20-17(5)23-22-15(3)9-8-12-26(20)22/h8-13H,6-7,14H2,1-5H3,(H,24,27). The summed E-state index contributed by atoms with van der Waals surface area (Å²) in [5.74, 6) is -0.0277. The fourth-order valence-electron chi connectivity index (χ4n) is 3.50. The number of nitrogens with one attached hydrogen (secondary N) is 1. The molecule has 0 bridgehead atoms. The first-order chi connectivity index (χ1) is 12.9. The van der Waals surface area contributed by atoms with Crippen LogP contribution < -0.4 is 10.2 Å². The summed E-state index contributed by atoms with van der Waals surface area (Å²) in [5.41, 5.74) is 6.96. The summed E-state index contributed by atoms with van der Waals surface area (Å²) >= 11 is 0. The minimum absolute atomic E-state index is 0.0277. The highest BCUT2D eigenvalue weighted by molar-refractivity contribution is 5.93. The Hall–Kier alpha value is -2.82. The number of amides is 1. The molecule has 5 nitrogen and oxygen atoms in total. The lowest BCUT2D eigenvalue weighted by atomic mass is 10.1. The summed E-state index contributed by atoms with van der Waals surface area (Å²) in [4.78, 5) is 19.6. The summed E-state index contributed by atoms with van der Waals surface area (Å²) in [6, 6.07) is 10.2. The predicted molar refractivity (Wildman–Crippen MR) is 112 cm³/mol. The topological polar surface area (TPSA) is 49.6 Å². The highest BCUT2D eigenvalue weighted by atomic mass is 16.1. The molecule has 27 heavy (non-hydrogen) atoms. The van der Waals surface area contributed by atoms with Crippen molar-refractivity contribution in [1.29, 1.82) is 0 Å². The number of carbonyl (C=O) groups excluding carboxylic acids is 1. The fourth-order valence-corrected chi connectivity index (χ4v) is 3.50. The summed E-state index contributed by atoms with van der Waals surface area (Å²) in [7, 11) is 0. The Morgan fingerprint density at radius 3 is 2.52 bits per heavy atom. The van der Waals surface area contributed by atoms with Crippen molar-refractivity contribution < 1.29 is 4.79 Å². The first kappa shape index (κ1) is 19.0. The van der Waals surface area contributed by atoms with Crippen LogP contribution in [0.4, 0.5) is 11.4 Å². The third-order valence-electron chi connectivity index (χ3n) is 5.08. The van der Waals surface area contributed by atoms with Gasteiger partial charge < -0.3 is 14.6 Å². The van der Waals surface area contributed by atoms with Crippen molar-refractivity contribution in [2.24, 2.45) is 0 Å². The molecular weight excluding hydrogens is 336 g/mol. The number of carbonyl (C=O) groups is 1. The van der Waals surface area contributed by atoms with E-state index in [0.29, 0.717) is 6.42 Å². The highest BCUT2D eigenvalue weighted by Crippen LogP contribution is 2.23. The van der Waals surface area contributed by atoms with Crippen LogP contribution in [0.1, 0.15) is 36.4 Å². The molecule has 2 aromatic heterocycles. The molecule has 0 saturated heterocycles. The molecule has 0 radical (unpaired) electrons. The average Bonchev–Trinajstić information content (AvgIpc) is 2.95. The molecule has 1 N–H and O–H groups in total. The molecule has 0 fully saturated rings. The zero-order valence-electron chi connectivity index (χ0n) is 16.8. The zero-order valence-corrected chi connectivity index (χ0v) is 16.8. The minimum Gasteiger partial charge on any atom is -0.372 e. The number of anilines is 2. The van der Waals surface area contributed by atoms with Crippen LogP contribution in [-0.2, 0) is 11.2 Å². The fraction of sp³-hybridized carbons (Fsp3) is 0.364. The van der Waals surface area contributed by atoms with Crippen LogP contribution in [0.25, 0.3) is 5.65 Å². The van der Waals surface area contributed by atoms with Gasteiger partial charge in [0, 0.05) is 30.7 Å². The number of hydrogen-bond donors (Lipinski definition) is 1. The minimum atomic E-state index is -0.0277. The molecule has 0 saturated carbocycles. The molecule has 0 spiro atoms. The van der Waals surface area contributed by atoms with Crippen molar-refractivity contribution in [2.45, 2.75) is 41.0 Å². The van der Waals surface area contributed by atoms with Crippen molar-refractivity contribution in [3.05, 3.63) is 59.0 Å². The van der Waals surface area contributed by atoms with E-state index in [-0.39, 0.29) is 5.91 Å². The Kier molecular flexibility index (Phi) is 5.49. The number of hydrogen-bond acceptors (Lipinski definition) is 3. The second-order valence-electron chi connectivity index (χ2n) is 6.93. The van der Waals surface area contributed by atoms with E-state index in [1.807, 2.05) is 49.6 Å². The molecule has 142 valence electrons. The lowest BCUT2D eigenvalue weighted by Crippen LogP contribution is -2.22. The molecular formula is C22H28N4O. The van der Waals surface area contributed by atoms with E-state index >= 15 is 0 Å². The van der Waals surface area contributed by atoms with Gasteiger partial charge in [-0.15, -0.1) is 0 Å². The zero-order chi connectivity index (χ0) is 19.6. The number of fused-ring (bicyclic) bond motifs is 1. The molecule has 5 heteroatoms. The third-order valence-corrected chi connectivity index (χ3v) is 5.08. The second-order valence-corrected chi connectivity index (χ2v) is 6.93. The van der Waals surface area contributed by atoms with Gasteiger partial charge in [0.1, 0.15) is 5.65 Å². The van der Waals surface area contributed by atoms with Gasteiger partial charge in [-0.05, 0) is 70.0 Å². The smallest absolute Gasteiger partial charge is 0.230 e. The van der Waals surface area contributed by atoms with E-state index in [9.17, 15) is 4.79 Å². The molecule has 1 amide bonds. The lowest BCUT2D eigenvalue weighted by Gasteiger charge is -2.22. The van der Waals surface area contributed by atoms with Crippen molar-refractivity contribution >= 4 is 22.9 Å². The highest BCUT2D eigenvalue weighted by Gasteiger charge is 2.15. The number of aromatic nitrogens is 2. The first-order valence-corrected chi connectivity index (χ1v) is 9.53. The Labute approximate surface area is 161 Å². The quantitative estimate of drug-likeness (QED) is 0.710. The van der Waals surface area contributed by atoms with Gasteiger partial charge in [-0.3, -0.25) is 4.79 Å². The molecule has 0 atom stereocenters. The van der Waals surface area contributed by atoms with Crippen molar-refractivity contribution in [3.8, 4) is 0 Å². The Morgan fingerprint density at radius 2 is 1.85 bits per heavy atom. The molecule has 0 aliphatic carbocycles. The van der Waals surface area contributed by atoms with Gasteiger partial charge in [0.05, 0.1) is 17.8 Å². The molecule has 0 aliphatic rings. The summed E-state index contributed by atoms with van der Waals surface area (Å²) < 4.78 is 2.01. The van der Waals surface area contributed by atoms with Gasteiger partial charge in [-0.2, -0.15) is 0 Å². The number of rotatable bonds is 6. The maximum atomic E-state index is 12.7. The number of imidazole rings is 1. The molecule has 1 aromatic carbocycles. The largest absolute Gasteiger partial charge is 0.372 e. The van der Waals surface area contributed by atoms with E-state index in [1.165, 1.54) is 5.69 Å². The summed E-state index contributed by atoms with van der Waals surface area (Å²) in [6.45, 7) is 12.3. The summed E-state index contributed by atoms with van der Waals surface area (Å²) in [5, 5.41) is 3.06. The van der Waals surface area contributed by atoms with E-state index in [2.05, 4.69) is 41.2 Å². The van der Waals surface area contributed by atoms with Gasteiger partial charge in [0.15, 0.2) is 0 Å². The number of benzene rings is 1. The molecule has 3 aromatic rings. The lowest BCUT2D eigenvalue weighted by molar-refractivity contribution is -0.115. The molecule has 0 aliphatic heterocycles. The van der Waals surface area contributed by atoms with Crippen LogP contribution in [0.5, 0.6) is 0 Å². The van der Waals surface area contributed by atoms with Gasteiger partial charge in [0.25, 0.3) is 0 Å². The van der Waals surface area contributed by atoms with Crippen LogP contribution in [0.15, 0.2) is 36.5 Å². The number of pyridine rings is 1. The monoisotopic (exact) mass is 364 g/mol. The average molecular weight is 364 g/mol. The van der Waals surface area contributed by atoms with Gasteiger partial charge in [-0.25, -0.2) is 4.98 Å². The molecule has 2 heterocycles. The maximum absolute atomic E-state index is 12.7. The Bertz CT molecular complexity index is 970. The van der Waals surface area contributed by atoms with Gasteiger partial charge in [0.2, 0.25) is 5.91 Å². The Balaban J connectivity index is 1.79. The van der Waals surface area contributed by atoms with Gasteiger partial charge in [-0.1, -0.05) is 6.07 Å².